The molecule has 0 aliphatic heterocycles. The number of thiophene rings is 1. The maximum Gasteiger partial charge on any atom is 0.263 e. The van der Waals surface area contributed by atoms with Crippen LogP contribution in [0, 0.1) is 0 Å². The van der Waals surface area contributed by atoms with Crippen molar-refractivity contribution in [1.82, 2.24) is 19.7 Å². The van der Waals surface area contributed by atoms with E-state index in [1.807, 2.05) is 4.68 Å². The zero-order chi connectivity index (χ0) is 16.9. The molecule has 7 heteroatoms. The summed E-state index contributed by atoms with van der Waals surface area (Å²) in [5.74, 6) is 0.648. The quantitative estimate of drug-likeness (QED) is 0.790. The van der Waals surface area contributed by atoms with Crippen molar-refractivity contribution < 1.29 is 0 Å². The molecular formula is C17H21N5OS. The molecule has 1 fully saturated rings. The van der Waals surface area contributed by atoms with Crippen molar-refractivity contribution in [2.24, 2.45) is 0 Å². The number of hydrogen-bond donors (Lipinski definition) is 1. The fraction of sp³-hybridized carbons (Fsp3) is 0.471. The summed E-state index contributed by atoms with van der Waals surface area (Å²) in [5, 5.41) is 7.00. The summed E-state index contributed by atoms with van der Waals surface area (Å²) < 4.78 is 1.83. The van der Waals surface area contributed by atoms with Crippen LogP contribution in [0.1, 0.15) is 38.5 Å². The molecule has 0 saturated heterocycles. The third kappa shape index (κ3) is 2.73. The van der Waals surface area contributed by atoms with Crippen LogP contribution < -0.4 is 10.5 Å². The summed E-state index contributed by atoms with van der Waals surface area (Å²) in [5.41, 5.74) is 0.304. The number of aromatic amines is 1. The predicted octanol–water partition coefficient (Wildman–Crippen LogP) is 3.11. The van der Waals surface area contributed by atoms with Crippen LogP contribution in [0.25, 0.3) is 11.0 Å². The number of rotatable bonds is 4. The average molecular weight is 343 g/mol. The first-order valence-corrected chi connectivity index (χ1v) is 9.09. The van der Waals surface area contributed by atoms with E-state index in [0.717, 1.165) is 19.4 Å². The number of anilines is 1. The van der Waals surface area contributed by atoms with Gasteiger partial charge in [-0.25, -0.2) is 4.68 Å². The molecule has 1 saturated carbocycles. The summed E-state index contributed by atoms with van der Waals surface area (Å²) in [6.45, 7) is 6.96. The fourth-order valence-corrected chi connectivity index (χ4v) is 3.57. The van der Waals surface area contributed by atoms with Gasteiger partial charge in [-0.3, -0.25) is 9.78 Å². The summed E-state index contributed by atoms with van der Waals surface area (Å²) in [7, 11) is 0. The second kappa shape index (κ2) is 5.44. The van der Waals surface area contributed by atoms with Crippen LogP contribution in [0.15, 0.2) is 28.5 Å². The average Bonchev–Trinajstić information content (AvgIpc) is 3.04. The number of nitrogens with zero attached hydrogens (tertiary/aromatic N) is 4. The molecule has 1 N–H and O–H groups in total. The molecular weight excluding hydrogens is 322 g/mol. The first kappa shape index (κ1) is 15.4. The SMILES string of the molecule is CC(C)(C)n1ncc2c(=O)[nH]c(N(Cc3cccs3)C3CC3)nc21. The van der Waals surface area contributed by atoms with Crippen molar-refractivity contribution in [2.45, 2.75) is 51.7 Å². The highest BCUT2D eigenvalue weighted by Crippen LogP contribution is 2.32. The number of hydrogen-bond acceptors (Lipinski definition) is 5. The van der Waals surface area contributed by atoms with E-state index in [4.69, 9.17) is 4.98 Å². The molecule has 24 heavy (non-hydrogen) atoms. The summed E-state index contributed by atoms with van der Waals surface area (Å²) >= 11 is 1.73. The van der Waals surface area contributed by atoms with Crippen molar-refractivity contribution >= 4 is 28.3 Å². The van der Waals surface area contributed by atoms with E-state index in [0.29, 0.717) is 23.0 Å². The molecule has 1 aliphatic rings. The van der Waals surface area contributed by atoms with Gasteiger partial charge in [-0.2, -0.15) is 10.1 Å². The van der Waals surface area contributed by atoms with Gasteiger partial charge in [-0.05, 0) is 45.1 Å². The smallest absolute Gasteiger partial charge is 0.263 e. The third-order valence-electron chi connectivity index (χ3n) is 4.23. The molecule has 3 aromatic rings. The van der Waals surface area contributed by atoms with E-state index in [9.17, 15) is 4.79 Å². The Morgan fingerprint density at radius 1 is 1.42 bits per heavy atom. The Hall–Kier alpha value is -2.15. The molecule has 0 bridgehead atoms. The minimum absolute atomic E-state index is 0.123. The largest absolute Gasteiger partial charge is 0.334 e. The standard InChI is InChI=1S/C17H21N5OS/c1-17(2,3)22-14-13(9-18-22)15(23)20-16(19-14)21(11-6-7-11)10-12-5-4-8-24-12/h4-5,8-9,11H,6-7,10H2,1-3H3,(H,19,20,23). The molecule has 0 amide bonds. The monoisotopic (exact) mass is 343 g/mol. The first-order chi connectivity index (χ1) is 11.4. The van der Waals surface area contributed by atoms with Crippen LogP contribution in [0.5, 0.6) is 0 Å². The van der Waals surface area contributed by atoms with Crippen molar-refractivity contribution in [3.05, 3.63) is 38.9 Å². The molecule has 126 valence electrons. The van der Waals surface area contributed by atoms with Crippen molar-refractivity contribution in [3.8, 4) is 0 Å². The van der Waals surface area contributed by atoms with E-state index in [-0.39, 0.29) is 11.1 Å². The predicted molar refractivity (Wildman–Crippen MR) is 96.7 cm³/mol. The number of fused-ring (bicyclic) bond motifs is 1. The number of aromatic nitrogens is 4. The molecule has 0 unspecified atom stereocenters. The molecule has 4 rings (SSSR count). The molecule has 6 nitrogen and oxygen atoms in total. The summed E-state index contributed by atoms with van der Waals surface area (Å²) in [4.78, 5) is 23.7. The Kier molecular flexibility index (Phi) is 3.49. The third-order valence-corrected chi connectivity index (χ3v) is 5.09. The second-order valence-electron chi connectivity index (χ2n) is 7.29. The minimum Gasteiger partial charge on any atom is -0.334 e. The summed E-state index contributed by atoms with van der Waals surface area (Å²) in [6.07, 6.45) is 3.90. The zero-order valence-electron chi connectivity index (χ0n) is 14.1. The Labute approximate surface area is 144 Å². The maximum atomic E-state index is 12.5. The van der Waals surface area contributed by atoms with Crippen LogP contribution >= 0.6 is 11.3 Å². The van der Waals surface area contributed by atoms with Crippen molar-refractivity contribution in [1.29, 1.82) is 0 Å². The Morgan fingerprint density at radius 3 is 2.83 bits per heavy atom. The van der Waals surface area contributed by atoms with Crippen molar-refractivity contribution in [2.75, 3.05) is 4.90 Å². The Bertz CT molecular complexity index is 915. The number of H-pyrrole nitrogens is 1. The zero-order valence-corrected chi connectivity index (χ0v) is 14.9. The topological polar surface area (TPSA) is 66.8 Å². The van der Waals surface area contributed by atoms with Gasteiger partial charge >= 0.3 is 0 Å². The number of nitrogens with one attached hydrogen (secondary N) is 1. The molecule has 0 spiro atoms. The van der Waals surface area contributed by atoms with Gasteiger partial charge in [0.05, 0.1) is 18.3 Å². The Morgan fingerprint density at radius 2 is 2.21 bits per heavy atom. The molecule has 0 radical (unpaired) electrons. The highest BCUT2D eigenvalue weighted by molar-refractivity contribution is 7.09. The molecule has 0 atom stereocenters. The molecule has 0 aromatic carbocycles. The van der Waals surface area contributed by atoms with E-state index in [1.54, 1.807) is 17.5 Å². The molecule has 3 aromatic heterocycles. The van der Waals surface area contributed by atoms with Crippen LogP contribution in [0.2, 0.25) is 0 Å². The normalized spacial score (nSPS) is 15.1. The highest BCUT2D eigenvalue weighted by atomic mass is 32.1. The fourth-order valence-electron chi connectivity index (χ4n) is 2.87. The van der Waals surface area contributed by atoms with Crippen molar-refractivity contribution in [3.63, 3.8) is 0 Å². The lowest BCUT2D eigenvalue weighted by molar-refractivity contribution is 0.366. The van der Waals surface area contributed by atoms with E-state index in [1.165, 1.54) is 4.88 Å². The second-order valence-corrected chi connectivity index (χ2v) is 8.32. The van der Waals surface area contributed by atoms with Gasteiger partial charge in [0.2, 0.25) is 5.95 Å². The minimum atomic E-state index is -0.224. The van der Waals surface area contributed by atoms with Gasteiger partial charge in [0, 0.05) is 10.9 Å². The van der Waals surface area contributed by atoms with E-state index >= 15 is 0 Å². The van der Waals surface area contributed by atoms with Gasteiger partial charge in [-0.15, -0.1) is 11.3 Å². The lowest BCUT2D eigenvalue weighted by Crippen LogP contribution is -2.30. The van der Waals surface area contributed by atoms with Gasteiger partial charge in [-0.1, -0.05) is 6.07 Å². The van der Waals surface area contributed by atoms with E-state index in [2.05, 4.69) is 53.3 Å². The van der Waals surface area contributed by atoms with Crippen LogP contribution in [0.3, 0.4) is 0 Å². The van der Waals surface area contributed by atoms with Gasteiger partial charge in [0.1, 0.15) is 5.39 Å². The van der Waals surface area contributed by atoms with Crippen LogP contribution in [-0.4, -0.2) is 25.8 Å². The van der Waals surface area contributed by atoms with E-state index < -0.39 is 0 Å². The molecule has 3 heterocycles. The highest BCUT2D eigenvalue weighted by Gasteiger charge is 2.32. The maximum absolute atomic E-state index is 12.5. The van der Waals surface area contributed by atoms with Gasteiger partial charge in [0.15, 0.2) is 5.65 Å². The molecule has 1 aliphatic carbocycles. The van der Waals surface area contributed by atoms with Crippen LogP contribution in [0.4, 0.5) is 5.95 Å². The first-order valence-electron chi connectivity index (χ1n) is 8.21. The lowest BCUT2D eigenvalue weighted by Gasteiger charge is -2.23. The lowest BCUT2D eigenvalue weighted by atomic mass is 10.1. The van der Waals surface area contributed by atoms with Crippen LogP contribution in [-0.2, 0) is 12.1 Å². The Balaban J connectivity index is 1.81. The summed E-state index contributed by atoms with van der Waals surface area (Å²) in [6, 6.07) is 4.63. The van der Waals surface area contributed by atoms with Gasteiger partial charge in [0.25, 0.3) is 5.56 Å². The van der Waals surface area contributed by atoms with Gasteiger partial charge < -0.3 is 4.90 Å².